The molecule has 5 nitrogen and oxygen atoms in total. The van der Waals surface area contributed by atoms with E-state index in [1.54, 1.807) is 11.1 Å². The highest BCUT2D eigenvalue weighted by atomic mass is 16.2. The number of carbonyl (C=O) groups is 2. The number of aromatic nitrogens is 1. The molecular formula is C20H23N3O2. The number of rotatable bonds is 5. The molecule has 1 aliphatic rings. The van der Waals surface area contributed by atoms with Crippen LogP contribution in [0.4, 0.5) is 0 Å². The van der Waals surface area contributed by atoms with E-state index in [1.807, 2.05) is 62.4 Å². The molecular weight excluding hydrogens is 314 g/mol. The molecule has 1 aromatic heterocycles. The zero-order chi connectivity index (χ0) is 17.9. The average Bonchev–Trinajstić information content (AvgIpc) is 2.97. The van der Waals surface area contributed by atoms with Crippen molar-refractivity contribution in [2.75, 3.05) is 6.54 Å². The van der Waals surface area contributed by atoms with E-state index in [0.29, 0.717) is 13.1 Å². The minimum Gasteiger partial charge on any atom is -0.347 e. The smallest absolute Gasteiger partial charge is 0.226 e. The van der Waals surface area contributed by atoms with E-state index in [9.17, 15) is 9.59 Å². The van der Waals surface area contributed by atoms with Gasteiger partial charge < -0.3 is 10.2 Å². The molecule has 3 rings (SSSR count). The van der Waals surface area contributed by atoms with Gasteiger partial charge in [0.25, 0.3) is 0 Å². The summed E-state index contributed by atoms with van der Waals surface area (Å²) in [4.78, 5) is 30.9. The Labute approximate surface area is 148 Å². The molecule has 25 heavy (non-hydrogen) atoms. The van der Waals surface area contributed by atoms with Crippen LogP contribution in [0.3, 0.4) is 0 Å². The molecule has 130 valence electrons. The fourth-order valence-electron chi connectivity index (χ4n) is 3.12. The predicted molar refractivity (Wildman–Crippen MR) is 95.4 cm³/mol. The van der Waals surface area contributed by atoms with Crippen molar-refractivity contribution < 1.29 is 9.59 Å². The van der Waals surface area contributed by atoms with Crippen LogP contribution in [0.2, 0.25) is 0 Å². The highest BCUT2D eigenvalue weighted by Crippen LogP contribution is 2.24. The quantitative estimate of drug-likeness (QED) is 0.912. The van der Waals surface area contributed by atoms with E-state index in [0.717, 1.165) is 11.3 Å². The van der Waals surface area contributed by atoms with E-state index in [-0.39, 0.29) is 24.2 Å². The second kappa shape index (κ2) is 7.05. The Bertz CT molecular complexity index is 744. The standard InChI is InChI=1S/C20H23N3O2/c1-20(2,16-8-4-3-5-9-16)22-19(25)15-12-18(24)23(13-15)14-17-10-6-7-11-21-17/h3-11,15H,12-14H2,1-2H3,(H,22,25)/t15-/m1/s1. The van der Waals surface area contributed by atoms with E-state index in [4.69, 9.17) is 0 Å². The number of amides is 2. The molecule has 0 unspecified atom stereocenters. The Morgan fingerprint density at radius 3 is 2.60 bits per heavy atom. The first kappa shape index (κ1) is 17.1. The van der Waals surface area contributed by atoms with Gasteiger partial charge in [-0.25, -0.2) is 0 Å². The molecule has 0 radical (unpaired) electrons. The van der Waals surface area contributed by atoms with Crippen molar-refractivity contribution in [1.82, 2.24) is 15.2 Å². The zero-order valence-corrected chi connectivity index (χ0v) is 14.6. The Balaban J connectivity index is 1.63. The molecule has 1 aliphatic heterocycles. The lowest BCUT2D eigenvalue weighted by Crippen LogP contribution is -2.44. The van der Waals surface area contributed by atoms with Crippen LogP contribution in [0, 0.1) is 5.92 Å². The minimum atomic E-state index is -0.476. The summed E-state index contributed by atoms with van der Waals surface area (Å²) in [6, 6.07) is 15.5. The van der Waals surface area contributed by atoms with Gasteiger partial charge in [0, 0.05) is 19.2 Å². The third-order valence-electron chi connectivity index (χ3n) is 4.60. The summed E-state index contributed by atoms with van der Waals surface area (Å²) in [5.74, 6) is -0.395. The average molecular weight is 337 g/mol. The third kappa shape index (κ3) is 4.05. The van der Waals surface area contributed by atoms with Crippen molar-refractivity contribution >= 4 is 11.8 Å². The summed E-state index contributed by atoms with van der Waals surface area (Å²) in [7, 11) is 0. The van der Waals surface area contributed by atoms with Crippen LogP contribution in [0.15, 0.2) is 54.7 Å². The first-order valence-corrected chi connectivity index (χ1v) is 8.51. The van der Waals surface area contributed by atoms with Gasteiger partial charge in [0.15, 0.2) is 0 Å². The number of benzene rings is 1. The minimum absolute atomic E-state index is 0.00307. The molecule has 5 heteroatoms. The highest BCUT2D eigenvalue weighted by molar-refractivity contribution is 5.89. The maximum Gasteiger partial charge on any atom is 0.226 e. The molecule has 0 bridgehead atoms. The van der Waals surface area contributed by atoms with Crippen LogP contribution < -0.4 is 5.32 Å². The predicted octanol–water partition coefficient (Wildman–Crippen LogP) is 2.48. The van der Waals surface area contributed by atoms with Gasteiger partial charge >= 0.3 is 0 Å². The Morgan fingerprint density at radius 1 is 1.20 bits per heavy atom. The van der Waals surface area contributed by atoms with Crippen molar-refractivity contribution in [3.63, 3.8) is 0 Å². The fraction of sp³-hybridized carbons (Fsp3) is 0.350. The van der Waals surface area contributed by atoms with E-state index < -0.39 is 5.54 Å². The molecule has 2 amide bonds. The van der Waals surface area contributed by atoms with Crippen molar-refractivity contribution in [2.45, 2.75) is 32.4 Å². The normalized spacial score (nSPS) is 17.6. The maximum absolute atomic E-state index is 12.7. The first-order valence-electron chi connectivity index (χ1n) is 8.51. The van der Waals surface area contributed by atoms with E-state index >= 15 is 0 Å². The van der Waals surface area contributed by atoms with Gasteiger partial charge in [-0.3, -0.25) is 14.6 Å². The van der Waals surface area contributed by atoms with Crippen molar-refractivity contribution in [1.29, 1.82) is 0 Å². The zero-order valence-electron chi connectivity index (χ0n) is 14.6. The lowest BCUT2D eigenvalue weighted by Gasteiger charge is -2.28. The summed E-state index contributed by atoms with van der Waals surface area (Å²) < 4.78 is 0. The van der Waals surface area contributed by atoms with Gasteiger partial charge in [-0.2, -0.15) is 0 Å². The van der Waals surface area contributed by atoms with Gasteiger partial charge in [0.05, 0.1) is 23.7 Å². The van der Waals surface area contributed by atoms with Gasteiger partial charge in [-0.1, -0.05) is 36.4 Å². The van der Waals surface area contributed by atoms with Crippen LogP contribution in [-0.2, 0) is 21.7 Å². The molecule has 1 saturated heterocycles. The number of pyridine rings is 1. The Morgan fingerprint density at radius 2 is 1.92 bits per heavy atom. The lowest BCUT2D eigenvalue weighted by atomic mass is 9.93. The van der Waals surface area contributed by atoms with Crippen LogP contribution in [-0.4, -0.2) is 28.2 Å². The second-order valence-electron chi connectivity index (χ2n) is 6.98. The molecule has 2 heterocycles. The van der Waals surface area contributed by atoms with Crippen molar-refractivity contribution in [3.8, 4) is 0 Å². The number of carbonyl (C=O) groups excluding carboxylic acids is 2. The van der Waals surface area contributed by atoms with Crippen LogP contribution in [0.25, 0.3) is 0 Å². The number of hydrogen-bond donors (Lipinski definition) is 1. The molecule has 0 aliphatic carbocycles. The van der Waals surface area contributed by atoms with Gasteiger partial charge in [-0.15, -0.1) is 0 Å². The molecule has 2 aromatic rings. The summed E-state index contributed by atoms with van der Waals surface area (Å²) >= 11 is 0. The molecule has 0 spiro atoms. The Kier molecular flexibility index (Phi) is 4.83. The fourth-order valence-corrected chi connectivity index (χ4v) is 3.12. The molecule has 1 atom stereocenters. The largest absolute Gasteiger partial charge is 0.347 e. The van der Waals surface area contributed by atoms with Gasteiger partial charge in [0.2, 0.25) is 11.8 Å². The van der Waals surface area contributed by atoms with Gasteiger partial charge in [0.1, 0.15) is 0 Å². The van der Waals surface area contributed by atoms with Crippen LogP contribution >= 0.6 is 0 Å². The maximum atomic E-state index is 12.7. The first-order chi connectivity index (χ1) is 12.0. The summed E-state index contributed by atoms with van der Waals surface area (Å²) in [6.07, 6.45) is 1.96. The molecule has 1 N–H and O–H groups in total. The number of nitrogens with one attached hydrogen (secondary N) is 1. The second-order valence-corrected chi connectivity index (χ2v) is 6.98. The van der Waals surface area contributed by atoms with Crippen molar-refractivity contribution in [2.24, 2.45) is 5.92 Å². The summed E-state index contributed by atoms with van der Waals surface area (Å²) in [6.45, 7) is 4.84. The highest BCUT2D eigenvalue weighted by Gasteiger charge is 2.36. The van der Waals surface area contributed by atoms with Crippen LogP contribution in [0.1, 0.15) is 31.5 Å². The number of nitrogens with zero attached hydrogens (tertiary/aromatic N) is 2. The molecule has 0 saturated carbocycles. The lowest BCUT2D eigenvalue weighted by molar-refractivity contribution is -0.129. The van der Waals surface area contributed by atoms with E-state index in [2.05, 4.69) is 10.3 Å². The summed E-state index contributed by atoms with van der Waals surface area (Å²) in [5.41, 5.74) is 1.40. The Hall–Kier alpha value is -2.69. The summed E-state index contributed by atoms with van der Waals surface area (Å²) in [5, 5.41) is 3.09. The third-order valence-corrected chi connectivity index (χ3v) is 4.60. The monoisotopic (exact) mass is 337 g/mol. The van der Waals surface area contributed by atoms with Crippen molar-refractivity contribution in [3.05, 3.63) is 66.0 Å². The van der Waals surface area contributed by atoms with Gasteiger partial charge in [-0.05, 0) is 31.5 Å². The van der Waals surface area contributed by atoms with E-state index in [1.165, 1.54) is 0 Å². The number of likely N-dealkylation sites (tertiary alicyclic amines) is 1. The molecule has 1 fully saturated rings. The SMILES string of the molecule is CC(C)(NC(=O)[C@@H]1CC(=O)N(Cc2ccccn2)C1)c1ccccc1. The number of hydrogen-bond acceptors (Lipinski definition) is 3. The van der Waals surface area contributed by atoms with Crippen LogP contribution in [0.5, 0.6) is 0 Å². The molecule has 1 aromatic carbocycles. The topological polar surface area (TPSA) is 62.3 Å².